The van der Waals surface area contributed by atoms with Crippen LogP contribution in [0.4, 0.5) is 5.13 Å². The molecule has 0 spiro atoms. The van der Waals surface area contributed by atoms with Crippen LogP contribution in [0.15, 0.2) is 5.38 Å². The van der Waals surface area contributed by atoms with Gasteiger partial charge in [0.15, 0.2) is 5.13 Å². The van der Waals surface area contributed by atoms with Gasteiger partial charge in [-0.25, -0.2) is 4.98 Å². The fourth-order valence-electron chi connectivity index (χ4n) is 1.90. The van der Waals surface area contributed by atoms with Crippen molar-refractivity contribution in [3.8, 4) is 0 Å². The summed E-state index contributed by atoms with van der Waals surface area (Å²) >= 11 is 1.51. The van der Waals surface area contributed by atoms with Gasteiger partial charge in [0.05, 0.1) is 25.3 Å². The van der Waals surface area contributed by atoms with E-state index in [1.807, 2.05) is 5.38 Å². The molecule has 1 saturated heterocycles. The zero-order valence-corrected chi connectivity index (χ0v) is 11.3. The molecule has 1 aliphatic rings. The summed E-state index contributed by atoms with van der Waals surface area (Å²) in [5.74, 6) is -0.258. The first-order valence-corrected chi connectivity index (χ1v) is 7.02. The summed E-state index contributed by atoms with van der Waals surface area (Å²) in [5, 5.41) is 5.99. The number of anilines is 1. The maximum absolute atomic E-state index is 11.1. The van der Waals surface area contributed by atoms with E-state index in [1.165, 1.54) is 24.9 Å². The first kappa shape index (κ1) is 13.3. The van der Waals surface area contributed by atoms with Crippen molar-refractivity contribution in [1.82, 2.24) is 4.98 Å². The number of carbonyl (C=O) groups is 1. The molecule has 1 aliphatic heterocycles. The van der Waals surface area contributed by atoms with Crippen molar-refractivity contribution in [2.24, 2.45) is 0 Å². The van der Waals surface area contributed by atoms with Gasteiger partial charge in [0.2, 0.25) is 0 Å². The van der Waals surface area contributed by atoms with Gasteiger partial charge in [0.1, 0.15) is 0 Å². The molecule has 1 aromatic rings. The van der Waals surface area contributed by atoms with Crippen LogP contribution in [0.1, 0.15) is 25.0 Å². The molecule has 5 nitrogen and oxygen atoms in total. The highest BCUT2D eigenvalue weighted by Crippen LogP contribution is 2.18. The van der Waals surface area contributed by atoms with Crippen LogP contribution >= 0.6 is 11.3 Å². The zero-order chi connectivity index (χ0) is 12.8. The monoisotopic (exact) mass is 270 g/mol. The fourth-order valence-corrected chi connectivity index (χ4v) is 2.64. The molecule has 100 valence electrons. The van der Waals surface area contributed by atoms with Crippen molar-refractivity contribution in [3.63, 3.8) is 0 Å². The van der Waals surface area contributed by atoms with Crippen LogP contribution in [0.3, 0.4) is 0 Å². The highest BCUT2D eigenvalue weighted by Gasteiger charge is 2.15. The Labute approximate surface area is 111 Å². The number of hydrogen-bond donors (Lipinski definition) is 1. The summed E-state index contributed by atoms with van der Waals surface area (Å²) in [6.45, 7) is 1.75. The molecule has 1 unspecified atom stereocenters. The lowest BCUT2D eigenvalue weighted by molar-refractivity contribution is -0.139. The molecule has 6 heteroatoms. The van der Waals surface area contributed by atoms with E-state index >= 15 is 0 Å². The van der Waals surface area contributed by atoms with Crippen LogP contribution < -0.4 is 5.32 Å². The summed E-state index contributed by atoms with van der Waals surface area (Å²) < 4.78 is 10.1. The Morgan fingerprint density at radius 2 is 2.61 bits per heavy atom. The van der Waals surface area contributed by atoms with Crippen LogP contribution in [0.2, 0.25) is 0 Å². The number of thiazole rings is 1. The van der Waals surface area contributed by atoms with Crippen LogP contribution in [0.5, 0.6) is 0 Å². The van der Waals surface area contributed by atoms with Gasteiger partial charge in [-0.05, 0) is 19.3 Å². The van der Waals surface area contributed by atoms with Gasteiger partial charge in [-0.3, -0.25) is 4.79 Å². The van der Waals surface area contributed by atoms with Gasteiger partial charge in [-0.15, -0.1) is 11.3 Å². The summed E-state index contributed by atoms with van der Waals surface area (Å²) in [6.07, 6.45) is 3.97. The Kier molecular flexibility index (Phi) is 4.95. The molecule has 1 N–H and O–H groups in total. The van der Waals surface area contributed by atoms with Crippen LogP contribution in [0.25, 0.3) is 0 Å². The maximum Gasteiger partial charge on any atom is 0.311 e. The van der Waals surface area contributed by atoms with E-state index in [9.17, 15) is 4.79 Å². The second-order valence-corrected chi connectivity index (χ2v) is 5.11. The Morgan fingerprint density at radius 1 is 1.72 bits per heavy atom. The molecule has 0 saturated carbocycles. The SMILES string of the molecule is COC(=O)Cc1csc(NCCC2CCCO2)n1. The predicted molar refractivity (Wildman–Crippen MR) is 69.9 cm³/mol. The van der Waals surface area contributed by atoms with Crippen molar-refractivity contribution in [3.05, 3.63) is 11.1 Å². The number of nitrogens with one attached hydrogen (secondary N) is 1. The van der Waals surface area contributed by atoms with E-state index in [2.05, 4.69) is 15.0 Å². The van der Waals surface area contributed by atoms with Crippen LogP contribution in [-0.4, -0.2) is 37.3 Å². The lowest BCUT2D eigenvalue weighted by Gasteiger charge is -2.08. The summed E-state index contributed by atoms with van der Waals surface area (Å²) in [4.78, 5) is 15.4. The van der Waals surface area contributed by atoms with Crippen molar-refractivity contribution < 1.29 is 14.3 Å². The first-order valence-electron chi connectivity index (χ1n) is 6.14. The quantitative estimate of drug-likeness (QED) is 0.799. The summed E-state index contributed by atoms with van der Waals surface area (Å²) in [5.41, 5.74) is 0.756. The second-order valence-electron chi connectivity index (χ2n) is 4.25. The van der Waals surface area contributed by atoms with Gasteiger partial charge in [-0.1, -0.05) is 0 Å². The third-order valence-electron chi connectivity index (χ3n) is 2.87. The molecule has 0 radical (unpaired) electrons. The molecular weight excluding hydrogens is 252 g/mol. The number of rotatable bonds is 6. The second kappa shape index (κ2) is 6.70. The molecule has 0 bridgehead atoms. The van der Waals surface area contributed by atoms with Crippen molar-refractivity contribution >= 4 is 22.4 Å². The number of ether oxygens (including phenoxy) is 2. The molecule has 18 heavy (non-hydrogen) atoms. The minimum absolute atomic E-state index is 0.237. The molecule has 2 heterocycles. The smallest absolute Gasteiger partial charge is 0.311 e. The van der Waals surface area contributed by atoms with Crippen molar-refractivity contribution in [2.45, 2.75) is 31.8 Å². The highest BCUT2D eigenvalue weighted by molar-refractivity contribution is 7.13. The molecule has 2 rings (SSSR count). The van der Waals surface area contributed by atoms with Gasteiger partial charge in [0, 0.05) is 18.5 Å². The lowest BCUT2D eigenvalue weighted by Crippen LogP contribution is -2.12. The van der Waals surface area contributed by atoms with E-state index in [-0.39, 0.29) is 12.4 Å². The Balaban J connectivity index is 1.70. The normalized spacial score (nSPS) is 18.8. The minimum Gasteiger partial charge on any atom is -0.469 e. The number of hydrogen-bond acceptors (Lipinski definition) is 6. The van der Waals surface area contributed by atoms with E-state index in [1.54, 1.807) is 0 Å². The summed E-state index contributed by atoms with van der Waals surface area (Å²) in [7, 11) is 1.38. The summed E-state index contributed by atoms with van der Waals surface area (Å²) in [6, 6.07) is 0. The predicted octanol–water partition coefficient (Wildman–Crippen LogP) is 1.84. The van der Waals surface area contributed by atoms with Gasteiger partial charge in [0.25, 0.3) is 0 Å². The Morgan fingerprint density at radius 3 is 3.33 bits per heavy atom. The molecule has 1 aromatic heterocycles. The average molecular weight is 270 g/mol. The Bertz CT molecular complexity index is 388. The number of methoxy groups -OCH3 is 1. The number of nitrogens with zero attached hydrogens (tertiary/aromatic N) is 1. The van der Waals surface area contributed by atoms with Gasteiger partial charge < -0.3 is 14.8 Å². The number of carbonyl (C=O) groups excluding carboxylic acids is 1. The third-order valence-corrected chi connectivity index (χ3v) is 3.72. The topological polar surface area (TPSA) is 60.5 Å². The molecular formula is C12H18N2O3S. The van der Waals surface area contributed by atoms with Gasteiger partial charge >= 0.3 is 5.97 Å². The average Bonchev–Trinajstić information content (AvgIpc) is 3.01. The Hall–Kier alpha value is -1.14. The number of esters is 1. The van der Waals surface area contributed by atoms with Crippen LogP contribution in [0, 0.1) is 0 Å². The first-order chi connectivity index (χ1) is 8.78. The largest absolute Gasteiger partial charge is 0.469 e. The standard InChI is InChI=1S/C12H18N2O3S/c1-16-11(15)7-9-8-18-12(14-9)13-5-4-10-3-2-6-17-10/h8,10H,2-7H2,1H3,(H,13,14). The molecule has 1 atom stereocenters. The molecule has 0 aliphatic carbocycles. The van der Waals surface area contributed by atoms with E-state index in [4.69, 9.17) is 4.74 Å². The molecule has 0 aromatic carbocycles. The zero-order valence-electron chi connectivity index (χ0n) is 10.5. The van der Waals surface area contributed by atoms with E-state index in [0.717, 1.165) is 36.8 Å². The molecule has 1 fully saturated rings. The van der Waals surface area contributed by atoms with Crippen molar-refractivity contribution in [1.29, 1.82) is 0 Å². The molecule has 0 amide bonds. The fraction of sp³-hybridized carbons (Fsp3) is 0.667. The minimum atomic E-state index is -0.258. The lowest BCUT2D eigenvalue weighted by atomic mass is 10.2. The number of aromatic nitrogens is 1. The van der Waals surface area contributed by atoms with Gasteiger partial charge in [-0.2, -0.15) is 0 Å². The highest BCUT2D eigenvalue weighted by atomic mass is 32.1. The van der Waals surface area contributed by atoms with Crippen LogP contribution in [-0.2, 0) is 20.7 Å². The maximum atomic E-state index is 11.1. The van der Waals surface area contributed by atoms with E-state index in [0.29, 0.717) is 6.10 Å². The third kappa shape index (κ3) is 3.96. The van der Waals surface area contributed by atoms with Crippen molar-refractivity contribution in [2.75, 3.05) is 25.6 Å². The van der Waals surface area contributed by atoms with E-state index < -0.39 is 0 Å².